The Bertz CT molecular complexity index is 72.9. The van der Waals surface area contributed by atoms with E-state index in [1.165, 1.54) is 25.8 Å². The van der Waals surface area contributed by atoms with Crippen LogP contribution in [0.2, 0.25) is 0 Å². The minimum atomic E-state index is 0.796. The van der Waals surface area contributed by atoms with Crippen LogP contribution in [-0.2, 0) is 0 Å². The van der Waals surface area contributed by atoms with Gasteiger partial charge in [-0.15, -0.1) is 0 Å². The molecule has 1 aliphatic heterocycles. The van der Waals surface area contributed by atoms with Crippen molar-refractivity contribution in [2.24, 2.45) is 5.92 Å². The van der Waals surface area contributed by atoms with Crippen LogP contribution in [0.3, 0.4) is 0 Å². The fourth-order valence-electron chi connectivity index (χ4n) is 0.859. The summed E-state index contributed by atoms with van der Waals surface area (Å²) in [6.45, 7) is 10.1. The molecule has 1 nitrogen and oxygen atoms in total. The van der Waals surface area contributed by atoms with Crippen LogP contribution in [0.15, 0.2) is 0 Å². The van der Waals surface area contributed by atoms with Crippen LogP contribution in [0, 0.1) is 5.92 Å². The second kappa shape index (κ2) is 6.66. The molecule has 1 atom stereocenters. The lowest BCUT2D eigenvalue weighted by Crippen LogP contribution is -2.16. The van der Waals surface area contributed by atoms with Gasteiger partial charge in [-0.25, -0.2) is 0 Å². The van der Waals surface area contributed by atoms with Gasteiger partial charge in [0.05, 0.1) is 0 Å². The summed E-state index contributed by atoms with van der Waals surface area (Å²) in [4.78, 5) is 0. The summed E-state index contributed by atoms with van der Waals surface area (Å²) in [6.07, 6.45) is 4.06. The molecule has 68 valence electrons. The van der Waals surface area contributed by atoms with Gasteiger partial charge < -0.3 is 5.32 Å². The molecule has 1 heterocycles. The maximum atomic E-state index is 3.32. The molecule has 1 fully saturated rings. The second-order valence-corrected chi connectivity index (χ2v) is 3.80. The highest BCUT2D eigenvalue weighted by Gasteiger charge is 2.05. The summed E-state index contributed by atoms with van der Waals surface area (Å²) in [5.41, 5.74) is 0. The van der Waals surface area contributed by atoms with Gasteiger partial charge in [-0.3, -0.25) is 0 Å². The molecule has 0 spiro atoms. The lowest BCUT2D eigenvalue weighted by molar-refractivity contribution is 0.626. The van der Waals surface area contributed by atoms with Crippen LogP contribution in [0.5, 0.6) is 0 Å². The van der Waals surface area contributed by atoms with Gasteiger partial charge in [0.25, 0.3) is 0 Å². The predicted molar refractivity (Wildman–Crippen MR) is 51.8 cm³/mol. The van der Waals surface area contributed by atoms with Gasteiger partial charge in [0.2, 0.25) is 0 Å². The normalized spacial score (nSPS) is 23.2. The molecule has 1 saturated heterocycles. The van der Waals surface area contributed by atoms with Crippen molar-refractivity contribution in [2.75, 3.05) is 6.54 Å². The number of rotatable bonds is 1. The first-order valence-electron chi connectivity index (χ1n) is 4.90. The molecular weight excluding hydrogens is 134 g/mol. The summed E-state index contributed by atoms with van der Waals surface area (Å²) >= 11 is 0. The Hall–Kier alpha value is -0.0400. The van der Waals surface area contributed by atoms with E-state index < -0.39 is 0 Å². The molecular formula is C10H23N. The van der Waals surface area contributed by atoms with Gasteiger partial charge in [0, 0.05) is 6.04 Å². The molecule has 1 unspecified atom stereocenters. The van der Waals surface area contributed by atoms with Crippen molar-refractivity contribution in [3.05, 3.63) is 0 Å². The van der Waals surface area contributed by atoms with Gasteiger partial charge in [0.15, 0.2) is 0 Å². The lowest BCUT2D eigenvalue weighted by Gasteiger charge is -1.95. The molecule has 0 aromatic rings. The van der Waals surface area contributed by atoms with Crippen LogP contribution in [-0.4, -0.2) is 12.6 Å². The fraction of sp³-hybridized carbons (Fsp3) is 1.00. The minimum Gasteiger partial charge on any atom is -0.314 e. The molecule has 0 aromatic carbocycles. The van der Waals surface area contributed by atoms with Crippen molar-refractivity contribution in [2.45, 2.75) is 53.0 Å². The smallest absolute Gasteiger partial charge is 0.00391 e. The first-order chi connectivity index (χ1) is 5.16. The zero-order chi connectivity index (χ0) is 8.69. The van der Waals surface area contributed by atoms with Gasteiger partial charge in [-0.05, 0) is 32.2 Å². The maximum Gasteiger partial charge on any atom is 0.00391 e. The topological polar surface area (TPSA) is 12.0 Å². The van der Waals surface area contributed by atoms with Crippen LogP contribution in [0.4, 0.5) is 0 Å². The van der Waals surface area contributed by atoms with E-state index in [-0.39, 0.29) is 0 Å². The third-order valence-electron chi connectivity index (χ3n) is 2.12. The SMILES string of the molecule is CC1CCCN1.CCC(C)C. The van der Waals surface area contributed by atoms with Crippen molar-refractivity contribution in [1.29, 1.82) is 0 Å². The molecule has 0 bridgehead atoms. The number of hydrogen-bond acceptors (Lipinski definition) is 1. The van der Waals surface area contributed by atoms with Gasteiger partial charge in [0.1, 0.15) is 0 Å². The van der Waals surface area contributed by atoms with Crippen molar-refractivity contribution in [3.63, 3.8) is 0 Å². The highest BCUT2D eigenvalue weighted by atomic mass is 14.9. The fourth-order valence-corrected chi connectivity index (χ4v) is 0.859. The van der Waals surface area contributed by atoms with E-state index in [9.17, 15) is 0 Å². The molecule has 0 saturated carbocycles. The van der Waals surface area contributed by atoms with Gasteiger partial charge in [-0.1, -0.05) is 27.2 Å². The van der Waals surface area contributed by atoms with E-state index in [1.54, 1.807) is 0 Å². The summed E-state index contributed by atoms with van der Waals surface area (Å²) in [5.74, 6) is 0.884. The molecule has 1 heteroatoms. The summed E-state index contributed by atoms with van der Waals surface area (Å²) < 4.78 is 0. The Labute approximate surface area is 71.6 Å². The Morgan fingerprint density at radius 2 is 2.00 bits per heavy atom. The third-order valence-corrected chi connectivity index (χ3v) is 2.12. The van der Waals surface area contributed by atoms with Crippen molar-refractivity contribution >= 4 is 0 Å². The first-order valence-corrected chi connectivity index (χ1v) is 4.90. The Morgan fingerprint density at radius 1 is 1.45 bits per heavy atom. The lowest BCUT2D eigenvalue weighted by atomic mass is 10.2. The van der Waals surface area contributed by atoms with E-state index in [0.29, 0.717) is 0 Å². The first kappa shape index (κ1) is 11.0. The zero-order valence-corrected chi connectivity index (χ0v) is 8.48. The van der Waals surface area contributed by atoms with Crippen molar-refractivity contribution in [3.8, 4) is 0 Å². The van der Waals surface area contributed by atoms with Crippen LogP contribution >= 0.6 is 0 Å². The molecule has 11 heavy (non-hydrogen) atoms. The average Bonchev–Trinajstić information content (AvgIpc) is 2.41. The molecule has 1 aliphatic rings. The van der Waals surface area contributed by atoms with Crippen LogP contribution < -0.4 is 5.32 Å². The highest BCUT2D eigenvalue weighted by molar-refractivity contribution is 4.67. The third kappa shape index (κ3) is 7.86. The number of hydrogen-bond donors (Lipinski definition) is 1. The molecule has 1 rings (SSSR count). The Balaban J connectivity index is 0.000000187. The van der Waals surface area contributed by atoms with Gasteiger partial charge >= 0.3 is 0 Å². The second-order valence-electron chi connectivity index (χ2n) is 3.80. The summed E-state index contributed by atoms with van der Waals surface area (Å²) in [6, 6.07) is 0.796. The maximum absolute atomic E-state index is 3.32. The quantitative estimate of drug-likeness (QED) is 0.617. The van der Waals surface area contributed by atoms with Crippen molar-refractivity contribution < 1.29 is 0 Å². The van der Waals surface area contributed by atoms with E-state index in [0.717, 1.165) is 12.0 Å². The molecule has 0 amide bonds. The summed E-state index contributed by atoms with van der Waals surface area (Å²) in [5, 5.41) is 3.32. The van der Waals surface area contributed by atoms with Crippen LogP contribution in [0.25, 0.3) is 0 Å². The monoisotopic (exact) mass is 157 g/mol. The average molecular weight is 157 g/mol. The van der Waals surface area contributed by atoms with E-state index >= 15 is 0 Å². The number of nitrogens with one attached hydrogen (secondary N) is 1. The highest BCUT2D eigenvalue weighted by Crippen LogP contribution is 2.01. The van der Waals surface area contributed by atoms with Gasteiger partial charge in [-0.2, -0.15) is 0 Å². The predicted octanol–water partition coefficient (Wildman–Crippen LogP) is 2.81. The summed E-state index contributed by atoms with van der Waals surface area (Å²) in [7, 11) is 0. The Kier molecular flexibility index (Phi) is 6.63. The largest absolute Gasteiger partial charge is 0.314 e. The molecule has 0 radical (unpaired) electrons. The van der Waals surface area contributed by atoms with E-state index in [4.69, 9.17) is 0 Å². The van der Waals surface area contributed by atoms with Crippen LogP contribution in [0.1, 0.15) is 47.0 Å². The van der Waals surface area contributed by atoms with Crippen molar-refractivity contribution in [1.82, 2.24) is 5.32 Å². The van der Waals surface area contributed by atoms with E-state index in [2.05, 4.69) is 33.0 Å². The molecule has 0 aliphatic carbocycles. The molecule has 0 aromatic heterocycles. The zero-order valence-electron chi connectivity index (χ0n) is 8.48. The molecule has 1 N–H and O–H groups in total. The Morgan fingerprint density at radius 3 is 2.09 bits per heavy atom. The van der Waals surface area contributed by atoms with E-state index in [1.807, 2.05) is 0 Å². The minimum absolute atomic E-state index is 0.796. The standard InChI is InChI=1S/C5H11N.C5H12/c1-5-3-2-4-6-5;1-4-5(2)3/h5-6H,2-4H2,1H3;5H,4H2,1-3H3.